The molecule has 0 atom stereocenters. The highest BCUT2D eigenvalue weighted by molar-refractivity contribution is 6.42. The molecule has 0 radical (unpaired) electrons. The largest absolute Gasteiger partial charge is 0.344 e. The highest BCUT2D eigenvalue weighted by Gasteiger charge is 2.37. The van der Waals surface area contributed by atoms with E-state index in [0.717, 1.165) is 22.0 Å². The van der Waals surface area contributed by atoms with Crippen molar-refractivity contribution in [2.45, 2.75) is 40.0 Å². The number of nitrogens with zero attached hydrogens (tertiary/aromatic N) is 1. The minimum atomic E-state index is -0.293. The zero-order valence-electron chi connectivity index (χ0n) is 24.9. The molecule has 2 aliphatic rings. The van der Waals surface area contributed by atoms with Crippen LogP contribution in [0.2, 0.25) is 0 Å². The van der Waals surface area contributed by atoms with Crippen molar-refractivity contribution in [1.29, 1.82) is 0 Å². The molecule has 1 heterocycles. The molecule has 0 saturated heterocycles. The van der Waals surface area contributed by atoms with E-state index in [2.05, 4.69) is 89.0 Å². The fourth-order valence-electron chi connectivity index (χ4n) is 7.14. The molecule has 0 fully saturated rings. The Labute approximate surface area is 247 Å². The van der Waals surface area contributed by atoms with Crippen molar-refractivity contribution in [2.24, 2.45) is 0 Å². The molecule has 0 saturated carbocycles. The summed E-state index contributed by atoms with van der Waals surface area (Å²) in [5.41, 5.74) is 12.9. The van der Waals surface area contributed by atoms with Gasteiger partial charge in [0.25, 0.3) is 0 Å². The number of Topliss-reactive ketones (excluding diaryl/α,β-unsaturated/α-hetero) is 2. The van der Waals surface area contributed by atoms with Crippen LogP contribution in [0.1, 0.15) is 67.9 Å². The summed E-state index contributed by atoms with van der Waals surface area (Å²) in [6.07, 6.45) is 1.77. The number of rotatable bonds is 2. The predicted octanol–water partition coefficient (Wildman–Crippen LogP) is 9.30. The number of fused-ring (bicyclic) bond motifs is 4. The standard InChI is InChI=1S/C39H33NO2/c1-22-15-23(2)36(24(3)16-22)28-12-14-35-33(21-28)39(4,5)32-18-25(11-13-34(32)40(35)6)17-31-37(41)29-19-26-9-7-8-10-27(26)20-30(29)38(31)42/h7-21H,1-6H3. The maximum atomic E-state index is 13.4. The summed E-state index contributed by atoms with van der Waals surface area (Å²) < 4.78 is 0. The van der Waals surface area contributed by atoms with E-state index in [9.17, 15) is 9.59 Å². The molecule has 0 unspecified atom stereocenters. The van der Waals surface area contributed by atoms with E-state index in [-0.39, 0.29) is 22.6 Å². The van der Waals surface area contributed by atoms with Crippen LogP contribution < -0.4 is 4.90 Å². The van der Waals surface area contributed by atoms with Crippen LogP contribution in [0.5, 0.6) is 0 Å². The first-order valence-corrected chi connectivity index (χ1v) is 14.5. The van der Waals surface area contributed by atoms with E-state index in [0.29, 0.717) is 11.1 Å². The van der Waals surface area contributed by atoms with Gasteiger partial charge in [0.05, 0.1) is 5.57 Å². The van der Waals surface area contributed by atoms with E-state index >= 15 is 0 Å². The van der Waals surface area contributed by atoms with Crippen molar-refractivity contribution >= 4 is 39.8 Å². The molecule has 0 spiro atoms. The normalized spacial score (nSPS) is 15.1. The second kappa shape index (κ2) is 9.12. The zero-order chi connectivity index (χ0) is 29.5. The molecule has 1 aliphatic carbocycles. The third-order valence-corrected chi connectivity index (χ3v) is 9.23. The van der Waals surface area contributed by atoms with Crippen molar-refractivity contribution in [3.63, 3.8) is 0 Å². The molecule has 42 heavy (non-hydrogen) atoms. The van der Waals surface area contributed by atoms with Crippen molar-refractivity contribution < 1.29 is 9.59 Å². The van der Waals surface area contributed by atoms with E-state index in [1.165, 1.54) is 44.6 Å². The van der Waals surface area contributed by atoms with Gasteiger partial charge < -0.3 is 4.90 Å². The molecule has 0 bridgehead atoms. The van der Waals surface area contributed by atoms with Crippen LogP contribution in [-0.2, 0) is 5.41 Å². The van der Waals surface area contributed by atoms with Gasteiger partial charge in [0, 0.05) is 35.0 Å². The van der Waals surface area contributed by atoms with Gasteiger partial charge in [-0.2, -0.15) is 0 Å². The van der Waals surface area contributed by atoms with Gasteiger partial charge in [0.2, 0.25) is 0 Å². The van der Waals surface area contributed by atoms with Gasteiger partial charge in [-0.05, 0) is 113 Å². The van der Waals surface area contributed by atoms with Crippen LogP contribution in [0.15, 0.2) is 90.5 Å². The number of carbonyl (C=O) groups is 2. The van der Waals surface area contributed by atoms with Gasteiger partial charge in [-0.1, -0.05) is 67.9 Å². The molecule has 7 rings (SSSR count). The molecule has 0 amide bonds. The first kappa shape index (κ1) is 26.2. The molecule has 0 N–H and O–H groups in total. The summed E-state index contributed by atoms with van der Waals surface area (Å²) in [6.45, 7) is 11.0. The van der Waals surface area contributed by atoms with E-state index in [4.69, 9.17) is 0 Å². The quantitative estimate of drug-likeness (QED) is 0.163. The van der Waals surface area contributed by atoms with Crippen molar-refractivity contribution in [3.8, 4) is 11.1 Å². The van der Waals surface area contributed by atoms with Crippen molar-refractivity contribution in [3.05, 3.63) is 135 Å². The molecular formula is C39H33NO2. The second-order valence-electron chi connectivity index (χ2n) is 12.4. The monoisotopic (exact) mass is 547 g/mol. The number of benzene rings is 5. The molecule has 3 heteroatoms. The minimum absolute atomic E-state index is 0.200. The lowest BCUT2D eigenvalue weighted by Gasteiger charge is -2.41. The number of hydrogen-bond acceptors (Lipinski definition) is 3. The second-order valence-corrected chi connectivity index (χ2v) is 12.4. The van der Waals surface area contributed by atoms with Crippen molar-refractivity contribution in [1.82, 2.24) is 0 Å². The Balaban J connectivity index is 1.31. The third kappa shape index (κ3) is 3.80. The molecule has 3 nitrogen and oxygen atoms in total. The van der Waals surface area contributed by atoms with Crippen molar-refractivity contribution in [2.75, 3.05) is 11.9 Å². The van der Waals surface area contributed by atoms with Crippen LogP contribution in [0.25, 0.3) is 28.0 Å². The summed E-state index contributed by atoms with van der Waals surface area (Å²) in [4.78, 5) is 29.1. The fraction of sp³-hybridized carbons (Fsp3) is 0.179. The SMILES string of the molecule is Cc1cc(C)c(-c2ccc3c(c2)C(C)(C)c2cc(C=C4C(=O)c5cc6ccccc6cc5C4=O)ccc2N3C)c(C)c1. The Morgan fingerprint density at radius 1 is 0.667 bits per heavy atom. The summed E-state index contributed by atoms with van der Waals surface area (Å²) in [6, 6.07) is 29.1. The number of aryl methyl sites for hydroxylation is 3. The lowest BCUT2D eigenvalue weighted by molar-refractivity contribution is 0.0990. The summed E-state index contributed by atoms with van der Waals surface area (Å²) in [5.74, 6) is -0.401. The maximum Gasteiger partial charge on any atom is 0.197 e. The summed E-state index contributed by atoms with van der Waals surface area (Å²) in [7, 11) is 2.11. The molecular weight excluding hydrogens is 514 g/mol. The topological polar surface area (TPSA) is 37.4 Å². The van der Waals surface area contributed by atoms with Gasteiger partial charge >= 0.3 is 0 Å². The maximum absolute atomic E-state index is 13.4. The molecule has 5 aromatic carbocycles. The summed E-state index contributed by atoms with van der Waals surface area (Å²) in [5, 5.41) is 1.93. The van der Waals surface area contributed by atoms with Crippen LogP contribution >= 0.6 is 0 Å². The molecule has 206 valence electrons. The number of carbonyl (C=O) groups excluding carboxylic acids is 2. The first-order valence-electron chi connectivity index (χ1n) is 14.5. The van der Waals surface area contributed by atoms with Gasteiger partial charge in [-0.25, -0.2) is 0 Å². The Morgan fingerprint density at radius 3 is 1.81 bits per heavy atom. The first-order chi connectivity index (χ1) is 20.0. The highest BCUT2D eigenvalue weighted by Crippen LogP contribution is 2.50. The number of hydrogen-bond donors (Lipinski definition) is 0. The fourth-order valence-corrected chi connectivity index (χ4v) is 7.14. The average Bonchev–Trinajstić information content (AvgIpc) is 3.18. The van der Waals surface area contributed by atoms with Gasteiger partial charge in [0.15, 0.2) is 11.6 Å². The van der Waals surface area contributed by atoms with Crippen LogP contribution in [-0.4, -0.2) is 18.6 Å². The Bertz CT molecular complexity index is 1960. The number of anilines is 2. The predicted molar refractivity (Wildman–Crippen MR) is 173 cm³/mol. The Hall–Kier alpha value is -4.76. The smallest absolute Gasteiger partial charge is 0.197 e. The van der Waals surface area contributed by atoms with Crippen LogP contribution in [0, 0.1) is 20.8 Å². The van der Waals surface area contributed by atoms with E-state index in [1.807, 2.05) is 42.5 Å². The Morgan fingerprint density at radius 2 is 1.21 bits per heavy atom. The molecule has 0 aromatic heterocycles. The van der Waals surface area contributed by atoms with Crippen LogP contribution in [0.4, 0.5) is 11.4 Å². The van der Waals surface area contributed by atoms with E-state index < -0.39 is 0 Å². The number of ketones is 2. The van der Waals surface area contributed by atoms with Gasteiger partial charge in [-0.15, -0.1) is 0 Å². The van der Waals surface area contributed by atoms with E-state index in [1.54, 1.807) is 6.08 Å². The van der Waals surface area contributed by atoms with Gasteiger partial charge in [-0.3, -0.25) is 9.59 Å². The average molecular weight is 548 g/mol. The van der Waals surface area contributed by atoms with Crippen LogP contribution in [0.3, 0.4) is 0 Å². The highest BCUT2D eigenvalue weighted by atomic mass is 16.2. The molecule has 5 aromatic rings. The van der Waals surface area contributed by atoms with Gasteiger partial charge in [0.1, 0.15) is 0 Å². The Kier molecular flexibility index (Phi) is 5.68. The minimum Gasteiger partial charge on any atom is -0.344 e. The number of allylic oxidation sites excluding steroid dienone is 1. The lowest BCUT2D eigenvalue weighted by Crippen LogP contribution is -2.31. The zero-order valence-corrected chi connectivity index (χ0v) is 24.9. The third-order valence-electron chi connectivity index (χ3n) is 9.23. The summed E-state index contributed by atoms with van der Waals surface area (Å²) >= 11 is 0. The lowest BCUT2D eigenvalue weighted by atomic mass is 9.72. The molecule has 1 aliphatic heterocycles.